The van der Waals surface area contributed by atoms with Crippen molar-refractivity contribution in [2.45, 2.75) is 30.5 Å². The van der Waals surface area contributed by atoms with Gasteiger partial charge in [0.15, 0.2) is 10.5 Å². The largest absolute Gasteiger partial charge is 0.480 e. The van der Waals surface area contributed by atoms with Crippen LogP contribution in [0.15, 0.2) is 11.0 Å². The lowest BCUT2D eigenvalue weighted by Gasteiger charge is -2.41. The molecule has 1 saturated heterocycles. The topological polar surface area (TPSA) is 206 Å². The van der Waals surface area contributed by atoms with Crippen molar-refractivity contribution < 1.29 is 39.9 Å². The van der Waals surface area contributed by atoms with Crippen LogP contribution in [0, 0.1) is 4.77 Å². The van der Waals surface area contributed by atoms with E-state index in [-0.39, 0.29) is 10.5 Å². The van der Waals surface area contributed by atoms with E-state index >= 15 is 0 Å². The number of nitrogens with zero attached hydrogens (tertiary/aromatic N) is 1. The molecule has 162 valence electrons. The molecule has 0 radical (unpaired) electrons. The number of H-pyrrole nitrogens is 1. The van der Waals surface area contributed by atoms with Gasteiger partial charge in [0.05, 0.1) is 13.2 Å². The highest BCUT2D eigenvalue weighted by Crippen LogP contribution is 2.43. The van der Waals surface area contributed by atoms with Crippen LogP contribution in [0.25, 0.3) is 0 Å². The van der Waals surface area contributed by atoms with Gasteiger partial charge in [0.25, 0.3) is 5.56 Å². The highest BCUT2D eigenvalue weighted by molar-refractivity contribution is 7.71. The van der Waals surface area contributed by atoms with Crippen LogP contribution in [0.4, 0.5) is 5.69 Å². The number of carboxylic acid groups (broad SMARTS) is 2. The molecule has 0 aliphatic carbocycles. The third kappa shape index (κ3) is 4.31. The minimum Gasteiger partial charge on any atom is -0.480 e. The maximum atomic E-state index is 12.1. The van der Waals surface area contributed by atoms with Gasteiger partial charge in [-0.1, -0.05) is 0 Å². The molecular formula is C15H22N4O9S. The fraction of sp³-hybridized carbons (Fsp3) is 0.600. The number of aliphatic hydroxyl groups is 3. The number of nitrogens with one attached hydrogen (secondary N) is 3. The molecule has 0 aromatic carbocycles. The smallest absolute Gasteiger partial charge is 0.322 e. The van der Waals surface area contributed by atoms with Gasteiger partial charge in [-0.25, -0.2) is 0 Å². The molecule has 29 heavy (non-hydrogen) atoms. The lowest BCUT2D eigenvalue weighted by atomic mass is 9.87. The van der Waals surface area contributed by atoms with Crippen molar-refractivity contribution in [2.75, 3.05) is 31.6 Å². The van der Waals surface area contributed by atoms with Crippen LogP contribution in [0.3, 0.4) is 0 Å². The fourth-order valence-electron chi connectivity index (χ4n) is 3.15. The van der Waals surface area contributed by atoms with Gasteiger partial charge in [0, 0.05) is 12.7 Å². The Balaban J connectivity index is 2.61. The summed E-state index contributed by atoms with van der Waals surface area (Å²) in [5.74, 6) is -2.44. The Morgan fingerprint density at radius 3 is 2.48 bits per heavy atom. The summed E-state index contributed by atoms with van der Waals surface area (Å²) in [6.07, 6.45) is -1.75. The van der Waals surface area contributed by atoms with E-state index in [1.165, 1.54) is 6.92 Å². The van der Waals surface area contributed by atoms with Gasteiger partial charge >= 0.3 is 11.9 Å². The average molecular weight is 434 g/mol. The number of aromatic amines is 1. The predicted molar refractivity (Wildman–Crippen MR) is 99.1 cm³/mol. The lowest BCUT2D eigenvalue weighted by Crippen LogP contribution is -2.60. The summed E-state index contributed by atoms with van der Waals surface area (Å²) in [6.45, 7) is -0.977. The zero-order valence-corrected chi connectivity index (χ0v) is 16.1. The van der Waals surface area contributed by atoms with Gasteiger partial charge in [0.1, 0.15) is 30.0 Å². The summed E-state index contributed by atoms with van der Waals surface area (Å²) < 4.78 is 6.54. The molecule has 13 nitrogen and oxygen atoms in total. The normalized spacial score (nSPS) is 29.0. The summed E-state index contributed by atoms with van der Waals surface area (Å²) in [5, 5.41) is 53.6. The summed E-state index contributed by atoms with van der Waals surface area (Å²) >= 11 is 5.15. The second-order valence-corrected chi connectivity index (χ2v) is 7.02. The third-order valence-corrected chi connectivity index (χ3v) is 4.95. The predicted octanol–water partition coefficient (Wildman–Crippen LogP) is -2.77. The number of rotatable bonds is 9. The number of anilines is 1. The first kappa shape index (κ1) is 22.9. The van der Waals surface area contributed by atoms with Crippen molar-refractivity contribution in [3.8, 4) is 0 Å². The monoisotopic (exact) mass is 434 g/mol. The van der Waals surface area contributed by atoms with Gasteiger partial charge in [-0.05, 0) is 19.1 Å². The Morgan fingerprint density at radius 1 is 1.34 bits per heavy atom. The van der Waals surface area contributed by atoms with E-state index in [0.29, 0.717) is 0 Å². The van der Waals surface area contributed by atoms with E-state index in [4.69, 9.17) is 27.2 Å². The molecule has 0 amide bonds. The number of ether oxygens (including phenoxy) is 1. The van der Waals surface area contributed by atoms with Crippen LogP contribution in [-0.2, 0) is 20.1 Å². The average Bonchev–Trinajstić information content (AvgIpc) is 2.81. The number of aliphatic carboxylic acids is 2. The molecule has 1 aliphatic rings. The molecule has 8 N–H and O–H groups in total. The SMILES string of the molecule is C[C@@]1(O)[C@H](O)[C@@H](CO)O[C@@]1(CNCC(=O)O)n1cc(NCC(=O)O)c(=O)[nH]c1=S. The van der Waals surface area contributed by atoms with Crippen LogP contribution in [0.5, 0.6) is 0 Å². The second kappa shape index (κ2) is 8.56. The van der Waals surface area contributed by atoms with Crippen molar-refractivity contribution in [3.63, 3.8) is 0 Å². The minimum absolute atomic E-state index is 0.222. The van der Waals surface area contributed by atoms with E-state index in [2.05, 4.69) is 15.6 Å². The summed E-state index contributed by atoms with van der Waals surface area (Å²) in [4.78, 5) is 36.1. The second-order valence-electron chi connectivity index (χ2n) is 6.63. The molecule has 14 heteroatoms. The Morgan fingerprint density at radius 2 is 1.97 bits per heavy atom. The third-order valence-electron chi connectivity index (χ3n) is 4.65. The Labute approximate surface area is 168 Å². The highest BCUT2D eigenvalue weighted by atomic mass is 32.1. The van der Waals surface area contributed by atoms with Crippen LogP contribution < -0.4 is 16.2 Å². The van der Waals surface area contributed by atoms with Crippen LogP contribution >= 0.6 is 12.2 Å². The van der Waals surface area contributed by atoms with Gasteiger partial charge in [-0.15, -0.1) is 0 Å². The van der Waals surface area contributed by atoms with Crippen LogP contribution in [-0.4, -0.2) is 91.1 Å². The first-order valence-corrected chi connectivity index (χ1v) is 8.81. The van der Waals surface area contributed by atoms with Crippen molar-refractivity contribution in [2.24, 2.45) is 0 Å². The molecule has 0 spiro atoms. The van der Waals surface area contributed by atoms with Crippen molar-refractivity contribution >= 4 is 29.8 Å². The van der Waals surface area contributed by atoms with E-state index in [9.17, 15) is 29.7 Å². The quantitative estimate of drug-likeness (QED) is 0.186. The molecule has 2 heterocycles. The Kier molecular flexibility index (Phi) is 6.77. The molecule has 4 atom stereocenters. The van der Waals surface area contributed by atoms with E-state index < -0.39 is 67.3 Å². The first-order valence-electron chi connectivity index (χ1n) is 8.40. The summed E-state index contributed by atoms with van der Waals surface area (Å²) in [7, 11) is 0. The number of carboxylic acids is 2. The van der Waals surface area contributed by atoms with Gasteiger partial charge < -0.3 is 40.9 Å². The standard InChI is InChI=1S/C15H22N4O9S/c1-14(27)11(25)8(5-20)28-15(14,6-16-2-9(21)22)19-4-7(17-3-10(23)24)12(26)18-13(19)29/h4,8,11,16-17,20,25,27H,2-3,5-6H2,1H3,(H,21,22)(H,23,24)(H,18,26,29)/t8-,11-,14-,15-/m1/s1. The zero-order chi connectivity index (χ0) is 22.0. The molecule has 1 fully saturated rings. The zero-order valence-electron chi connectivity index (χ0n) is 15.3. The maximum Gasteiger partial charge on any atom is 0.322 e. The van der Waals surface area contributed by atoms with E-state index in [1.54, 1.807) is 0 Å². The maximum absolute atomic E-state index is 12.1. The van der Waals surface area contributed by atoms with Crippen LogP contribution in [0.2, 0.25) is 0 Å². The summed E-state index contributed by atoms with van der Waals surface area (Å²) in [6, 6.07) is 0. The lowest BCUT2D eigenvalue weighted by molar-refractivity contribution is -0.187. The summed E-state index contributed by atoms with van der Waals surface area (Å²) in [5.41, 5.74) is -5.01. The number of hydrogen-bond donors (Lipinski definition) is 8. The number of hydrogen-bond acceptors (Lipinski definition) is 10. The fourth-order valence-corrected chi connectivity index (χ4v) is 3.44. The number of aromatic nitrogens is 2. The van der Waals surface area contributed by atoms with Crippen molar-refractivity contribution in [1.29, 1.82) is 0 Å². The number of aliphatic hydroxyl groups excluding tert-OH is 2. The molecule has 1 aromatic heterocycles. The van der Waals surface area contributed by atoms with Gasteiger partial charge in [-0.3, -0.25) is 23.9 Å². The molecular weight excluding hydrogens is 412 g/mol. The van der Waals surface area contributed by atoms with Crippen molar-refractivity contribution in [3.05, 3.63) is 21.3 Å². The molecule has 0 saturated carbocycles. The van der Waals surface area contributed by atoms with Gasteiger partial charge in [-0.2, -0.15) is 0 Å². The Hall–Kier alpha value is -2.36. The van der Waals surface area contributed by atoms with Gasteiger partial charge in [0.2, 0.25) is 0 Å². The molecule has 1 aromatic rings. The van der Waals surface area contributed by atoms with Crippen molar-refractivity contribution in [1.82, 2.24) is 14.9 Å². The molecule has 1 aliphatic heterocycles. The Bertz CT molecular complexity index is 899. The molecule has 0 bridgehead atoms. The van der Waals surface area contributed by atoms with E-state index in [1.807, 2.05) is 0 Å². The van der Waals surface area contributed by atoms with Crippen LogP contribution in [0.1, 0.15) is 6.92 Å². The minimum atomic E-state index is -2.10. The highest BCUT2D eigenvalue weighted by Gasteiger charge is 2.63. The molecule has 0 unspecified atom stereocenters. The molecule has 2 rings (SSSR count). The number of carbonyl (C=O) groups is 2. The van der Waals surface area contributed by atoms with E-state index in [0.717, 1.165) is 10.8 Å². The first-order chi connectivity index (χ1) is 13.5.